The van der Waals surface area contributed by atoms with E-state index in [1.54, 1.807) is 30.3 Å². The number of pyridine rings is 1. The van der Waals surface area contributed by atoms with E-state index in [1.165, 1.54) is 11.8 Å². The molecule has 0 radical (unpaired) electrons. The van der Waals surface area contributed by atoms with Crippen LogP contribution in [0.4, 0.5) is 0 Å². The third-order valence-electron chi connectivity index (χ3n) is 3.60. The van der Waals surface area contributed by atoms with Crippen LogP contribution in [0.3, 0.4) is 0 Å². The van der Waals surface area contributed by atoms with Crippen molar-refractivity contribution in [2.45, 2.75) is 31.6 Å². The van der Waals surface area contributed by atoms with Gasteiger partial charge in [-0.25, -0.2) is 4.98 Å². The smallest absolute Gasteiger partial charge is 0.256 e. The van der Waals surface area contributed by atoms with Gasteiger partial charge in [0.2, 0.25) is 0 Å². The van der Waals surface area contributed by atoms with E-state index >= 15 is 0 Å². The molecule has 9 heteroatoms. The van der Waals surface area contributed by atoms with Crippen LogP contribution < -0.4 is 5.73 Å². The standard InChI is InChI=1S/C17H24N4O2S.2ClH/c1-12-8-13(20-23-12)9-24-15-14(6-5-7-19-15)16(22)21(4)11-17(2,3)10-18;;/h5-8H,9-11,18H2,1-4H3;2*1H. The van der Waals surface area contributed by atoms with Crippen LogP contribution in [-0.2, 0) is 5.75 Å². The number of halogens is 2. The molecule has 0 fully saturated rings. The number of rotatable bonds is 7. The molecule has 0 aliphatic heterocycles. The lowest BCUT2D eigenvalue weighted by Gasteiger charge is -2.29. The van der Waals surface area contributed by atoms with E-state index in [0.717, 1.165) is 11.5 Å². The van der Waals surface area contributed by atoms with Gasteiger partial charge in [-0.05, 0) is 31.0 Å². The number of nitrogens with zero attached hydrogens (tertiary/aromatic N) is 3. The Morgan fingerprint density at radius 2 is 2.08 bits per heavy atom. The Labute approximate surface area is 171 Å². The van der Waals surface area contributed by atoms with Crippen molar-refractivity contribution in [3.63, 3.8) is 0 Å². The lowest BCUT2D eigenvalue weighted by Crippen LogP contribution is -2.40. The van der Waals surface area contributed by atoms with Crippen LogP contribution in [0, 0.1) is 12.3 Å². The number of hydrogen-bond donors (Lipinski definition) is 1. The summed E-state index contributed by atoms with van der Waals surface area (Å²) in [7, 11) is 1.79. The molecule has 0 aliphatic rings. The molecule has 0 saturated heterocycles. The van der Waals surface area contributed by atoms with E-state index in [0.29, 0.717) is 29.4 Å². The molecule has 6 nitrogen and oxygen atoms in total. The molecule has 1 amide bonds. The van der Waals surface area contributed by atoms with Crippen LogP contribution in [0.25, 0.3) is 0 Å². The fourth-order valence-electron chi connectivity index (χ4n) is 2.28. The first-order chi connectivity index (χ1) is 11.3. The average Bonchev–Trinajstić information content (AvgIpc) is 2.97. The highest BCUT2D eigenvalue weighted by Gasteiger charge is 2.23. The van der Waals surface area contributed by atoms with Crippen LogP contribution in [0.15, 0.2) is 33.9 Å². The minimum Gasteiger partial charge on any atom is -0.361 e. The Morgan fingerprint density at radius 1 is 1.38 bits per heavy atom. The van der Waals surface area contributed by atoms with Gasteiger partial charge in [-0.15, -0.1) is 24.8 Å². The van der Waals surface area contributed by atoms with Crippen molar-refractivity contribution in [1.29, 1.82) is 0 Å². The average molecular weight is 421 g/mol. The topological polar surface area (TPSA) is 85.2 Å². The third kappa shape index (κ3) is 6.79. The van der Waals surface area contributed by atoms with Crippen LogP contribution in [0.1, 0.15) is 35.7 Å². The Bertz CT molecular complexity index is 710. The van der Waals surface area contributed by atoms with E-state index in [1.807, 2.05) is 26.8 Å². The van der Waals surface area contributed by atoms with Crippen molar-refractivity contribution in [3.05, 3.63) is 41.4 Å². The maximum Gasteiger partial charge on any atom is 0.256 e. The number of aryl methyl sites for hydroxylation is 1. The highest BCUT2D eigenvalue weighted by Crippen LogP contribution is 2.25. The van der Waals surface area contributed by atoms with Gasteiger partial charge >= 0.3 is 0 Å². The van der Waals surface area contributed by atoms with Gasteiger partial charge in [0, 0.05) is 31.6 Å². The molecule has 26 heavy (non-hydrogen) atoms. The summed E-state index contributed by atoms with van der Waals surface area (Å²) in [6, 6.07) is 5.46. The fraction of sp³-hybridized carbons (Fsp3) is 0.471. The second-order valence-corrected chi connectivity index (χ2v) is 7.57. The van der Waals surface area contributed by atoms with Crippen molar-refractivity contribution in [2.75, 3.05) is 20.1 Å². The molecule has 0 bridgehead atoms. The minimum atomic E-state index is -0.127. The summed E-state index contributed by atoms with van der Waals surface area (Å²) < 4.78 is 5.07. The molecular formula is C17H26Cl2N4O2S. The summed E-state index contributed by atoms with van der Waals surface area (Å²) in [6.07, 6.45) is 1.69. The zero-order valence-electron chi connectivity index (χ0n) is 15.4. The maximum atomic E-state index is 12.8. The molecule has 146 valence electrons. The van der Waals surface area contributed by atoms with E-state index in [-0.39, 0.29) is 36.1 Å². The second kappa shape index (κ2) is 10.8. The van der Waals surface area contributed by atoms with Gasteiger partial charge in [0.25, 0.3) is 5.91 Å². The van der Waals surface area contributed by atoms with E-state index < -0.39 is 0 Å². The highest BCUT2D eigenvalue weighted by molar-refractivity contribution is 7.98. The number of amides is 1. The number of hydrogen-bond acceptors (Lipinski definition) is 6. The molecule has 2 aromatic rings. The second-order valence-electron chi connectivity index (χ2n) is 6.60. The number of carbonyl (C=O) groups is 1. The molecule has 0 aromatic carbocycles. The predicted molar refractivity (Wildman–Crippen MR) is 109 cm³/mol. The minimum absolute atomic E-state index is 0. The molecule has 2 N–H and O–H groups in total. The summed E-state index contributed by atoms with van der Waals surface area (Å²) in [4.78, 5) is 18.8. The Balaban J connectivity index is 0.00000312. The van der Waals surface area contributed by atoms with Gasteiger partial charge in [0.05, 0.1) is 11.3 Å². The van der Waals surface area contributed by atoms with Gasteiger partial charge < -0.3 is 15.2 Å². The molecular weight excluding hydrogens is 395 g/mol. The molecule has 0 spiro atoms. The van der Waals surface area contributed by atoms with Crippen molar-refractivity contribution < 1.29 is 9.32 Å². The van der Waals surface area contributed by atoms with Crippen molar-refractivity contribution in [2.24, 2.45) is 11.1 Å². The van der Waals surface area contributed by atoms with Gasteiger partial charge in [-0.1, -0.05) is 30.8 Å². The van der Waals surface area contributed by atoms with Crippen molar-refractivity contribution in [1.82, 2.24) is 15.0 Å². The quantitative estimate of drug-likeness (QED) is 0.688. The van der Waals surface area contributed by atoms with Crippen molar-refractivity contribution >= 4 is 42.5 Å². The molecule has 2 heterocycles. The van der Waals surface area contributed by atoms with E-state index in [9.17, 15) is 4.79 Å². The van der Waals surface area contributed by atoms with Crippen LogP contribution in [0.5, 0.6) is 0 Å². The first kappa shape index (κ1) is 24.7. The summed E-state index contributed by atoms with van der Waals surface area (Å²) in [5.74, 6) is 1.32. The molecule has 2 aromatic heterocycles. The zero-order chi connectivity index (χ0) is 17.7. The van der Waals surface area contributed by atoms with E-state index in [4.69, 9.17) is 10.3 Å². The molecule has 0 unspecified atom stereocenters. The molecule has 0 saturated carbocycles. The zero-order valence-corrected chi connectivity index (χ0v) is 17.8. The molecule has 0 aliphatic carbocycles. The first-order valence-corrected chi connectivity index (χ1v) is 8.76. The summed E-state index contributed by atoms with van der Waals surface area (Å²) in [6.45, 7) is 7.05. The Hall–Kier alpha value is -1.28. The fourth-order valence-corrected chi connectivity index (χ4v) is 3.15. The summed E-state index contributed by atoms with van der Waals surface area (Å²) in [5, 5.41) is 4.66. The largest absolute Gasteiger partial charge is 0.361 e. The molecule has 0 atom stereocenters. The summed E-state index contributed by atoms with van der Waals surface area (Å²) in [5.41, 5.74) is 7.07. The van der Waals surface area contributed by atoms with Crippen LogP contribution >= 0.6 is 36.6 Å². The lowest BCUT2D eigenvalue weighted by atomic mass is 9.93. The highest BCUT2D eigenvalue weighted by atomic mass is 35.5. The Kier molecular flexibility index (Phi) is 10.2. The predicted octanol–water partition coefficient (Wildman–Crippen LogP) is 3.57. The first-order valence-electron chi connectivity index (χ1n) is 7.78. The third-order valence-corrected chi connectivity index (χ3v) is 4.64. The number of thioether (sulfide) groups is 1. The van der Waals surface area contributed by atoms with Crippen LogP contribution in [0.2, 0.25) is 0 Å². The van der Waals surface area contributed by atoms with Gasteiger partial charge in [-0.3, -0.25) is 4.79 Å². The lowest BCUT2D eigenvalue weighted by molar-refractivity contribution is 0.0736. The maximum absolute atomic E-state index is 12.8. The monoisotopic (exact) mass is 420 g/mol. The van der Waals surface area contributed by atoms with Crippen LogP contribution in [-0.4, -0.2) is 41.1 Å². The van der Waals surface area contributed by atoms with Gasteiger partial charge in [0.1, 0.15) is 10.8 Å². The van der Waals surface area contributed by atoms with E-state index in [2.05, 4.69) is 10.1 Å². The normalized spacial score (nSPS) is 10.7. The van der Waals surface area contributed by atoms with Crippen molar-refractivity contribution in [3.8, 4) is 0 Å². The number of carbonyl (C=O) groups excluding carboxylic acids is 1. The SMILES string of the molecule is Cc1cc(CSc2ncccc2C(=O)N(C)CC(C)(C)CN)no1.Cl.Cl. The number of nitrogens with two attached hydrogens (primary N) is 1. The molecule has 2 rings (SSSR count). The summed E-state index contributed by atoms with van der Waals surface area (Å²) >= 11 is 1.48. The number of aromatic nitrogens is 2. The van der Waals surface area contributed by atoms with Gasteiger partial charge in [0.15, 0.2) is 0 Å². The van der Waals surface area contributed by atoms with Gasteiger partial charge in [-0.2, -0.15) is 0 Å². The Morgan fingerprint density at radius 3 is 2.65 bits per heavy atom.